The van der Waals surface area contributed by atoms with Crippen LogP contribution in [0.2, 0.25) is 10.0 Å². The van der Waals surface area contributed by atoms with Crippen LogP contribution >= 0.6 is 23.2 Å². The van der Waals surface area contributed by atoms with Gasteiger partial charge in [0.05, 0.1) is 23.0 Å². The van der Waals surface area contributed by atoms with Gasteiger partial charge < -0.3 is 5.41 Å². The highest BCUT2D eigenvalue weighted by molar-refractivity contribution is 6.31. The van der Waals surface area contributed by atoms with Crippen LogP contribution in [0.15, 0.2) is 108 Å². The minimum absolute atomic E-state index is 0.315. The Labute approximate surface area is 216 Å². The second-order valence-corrected chi connectivity index (χ2v) is 8.55. The van der Waals surface area contributed by atoms with Gasteiger partial charge in [0.1, 0.15) is 0 Å². The average Bonchev–Trinajstić information content (AvgIpc) is 2.88. The lowest BCUT2D eigenvalue weighted by molar-refractivity contribution is 1.46. The van der Waals surface area contributed by atoms with E-state index in [4.69, 9.17) is 33.9 Å². The second kappa shape index (κ2) is 12.5. The molecule has 0 fully saturated rings. The predicted molar refractivity (Wildman–Crippen MR) is 149 cm³/mol. The molecule has 35 heavy (non-hydrogen) atoms. The van der Waals surface area contributed by atoms with Crippen LogP contribution in [0.1, 0.15) is 22.3 Å². The molecule has 0 aliphatic carbocycles. The summed E-state index contributed by atoms with van der Waals surface area (Å²) in [4.78, 5) is 3.97. The number of halogens is 2. The van der Waals surface area contributed by atoms with E-state index in [2.05, 4.69) is 49.0 Å². The number of aliphatic imine (C=N–C) groups is 1. The maximum absolute atomic E-state index is 8.69. The van der Waals surface area contributed by atoms with E-state index in [0.29, 0.717) is 27.0 Å². The number of allylic oxidation sites excluding steroid dienone is 1. The van der Waals surface area contributed by atoms with Gasteiger partial charge >= 0.3 is 0 Å². The molecule has 1 N–H and O–H groups in total. The standard InChI is InChI=1S/C16H12Cl2N2.C14H11N/c1-20-16(12-5-3-7-14(18)9-12)10-15(19)11-4-2-6-13(17)8-11;1-11-2-6-13(7-3-11)14-8-4-12(10-15)5-9-14/h2-10,19H,1H2;2-9H,1H3/b16-10-,19-15?;. The van der Waals surface area contributed by atoms with Gasteiger partial charge in [0.25, 0.3) is 0 Å². The second-order valence-electron chi connectivity index (χ2n) is 7.68. The summed E-state index contributed by atoms with van der Waals surface area (Å²) < 4.78 is 0. The molecule has 0 aliphatic rings. The normalized spacial score (nSPS) is 10.5. The van der Waals surface area contributed by atoms with Crippen molar-refractivity contribution in [2.24, 2.45) is 4.99 Å². The molecule has 0 aliphatic heterocycles. The molecule has 5 heteroatoms. The zero-order valence-corrected chi connectivity index (χ0v) is 20.7. The van der Waals surface area contributed by atoms with Gasteiger partial charge in [0.2, 0.25) is 0 Å². The molecule has 0 aromatic heterocycles. The fourth-order valence-electron chi connectivity index (χ4n) is 3.23. The minimum Gasteiger partial charge on any atom is -0.300 e. The first-order valence-electron chi connectivity index (χ1n) is 10.8. The molecule has 0 heterocycles. The topological polar surface area (TPSA) is 60.0 Å². The smallest absolute Gasteiger partial charge is 0.0991 e. The molecule has 4 rings (SSSR count). The Balaban J connectivity index is 0.000000203. The summed E-state index contributed by atoms with van der Waals surface area (Å²) in [6.07, 6.45) is 1.64. The minimum atomic E-state index is 0.315. The first-order chi connectivity index (χ1) is 16.9. The van der Waals surface area contributed by atoms with E-state index in [9.17, 15) is 0 Å². The molecule has 0 amide bonds. The van der Waals surface area contributed by atoms with E-state index < -0.39 is 0 Å². The SMILES string of the molecule is C=N/C(=C\C(=N)c1cccc(Cl)c1)c1cccc(Cl)c1.Cc1ccc(-c2ccc(C#N)cc2)cc1. The van der Waals surface area contributed by atoms with E-state index >= 15 is 0 Å². The van der Waals surface area contributed by atoms with E-state index in [1.165, 1.54) is 11.1 Å². The molecule has 172 valence electrons. The number of nitriles is 1. The highest BCUT2D eigenvalue weighted by atomic mass is 35.5. The van der Waals surface area contributed by atoms with Crippen molar-refractivity contribution in [3.8, 4) is 17.2 Å². The number of benzene rings is 4. The van der Waals surface area contributed by atoms with Gasteiger partial charge in [-0.3, -0.25) is 4.99 Å². The molecule has 0 saturated carbocycles. The summed E-state index contributed by atoms with van der Waals surface area (Å²) in [5, 5.41) is 18.0. The zero-order chi connectivity index (χ0) is 25.2. The Bertz CT molecular complexity index is 1400. The van der Waals surface area contributed by atoms with E-state index in [0.717, 1.165) is 16.7 Å². The first-order valence-corrected chi connectivity index (χ1v) is 11.5. The van der Waals surface area contributed by atoms with Gasteiger partial charge in [-0.1, -0.05) is 89.4 Å². The van der Waals surface area contributed by atoms with Crippen molar-refractivity contribution in [1.29, 1.82) is 10.7 Å². The van der Waals surface area contributed by atoms with Crippen LogP contribution in [0.4, 0.5) is 0 Å². The molecule has 0 saturated heterocycles. The van der Waals surface area contributed by atoms with Crippen molar-refractivity contribution in [3.05, 3.63) is 135 Å². The van der Waals surface area contributed by atoms with Gasteiger partial charge in [0.15, 0.2) is 0 Å². The van der Waals surface area contributed by atoms with E-state index in [1.807, 2.05) is 42.5 Å². The Kier molecular flexibility index (Phi) is 9.15. The van der Waals surface area contributed by atoms with Crippen molar-refractivity contribution in [3.63, 3.8) is 0 Å². The zero-order valence-electron chi connectivity index (χ0n) is 19.2. The Morgan fingerprint density at radius 1 is 0.829 bits per heavy atom. The third-order valence-corrected chi connectivity index (χ3v) is 5.58. The molecule has 0 atom stereocenters. The predicted octanol–water partition coefficient (Wildman–Crippen LogP) is 8.64. The van der Waals surface area contributed by atoms with Crippen LogP contribution in [-0.2, 0) is 0 Å². The summed E-state index contributed by atoms with van der Waals surface area (Å²) in [6.45, 7) is 5.62. The molecule has 4 aromatic carbocycles. The number of rotatable bonds is 5. The Morgan fingerprint density at radius 2 is 1.34 bits per heavy atom. The molecule has 3 nitrogen and oxygen atoms in total. The summed E-state index contributed by atoms with van der Waals surface area (Å²) in [6, 6.07) is 32.5. The van der Waals surface area contributed by atoms with E-state index in [-0.39, 0.29) is 0 Å². The first kappa shape index (κ1) is 25.6. The van der Waals surface area contributed by atoms with Crippen LogP contribution < -0.4 is 0 Å². The van der Waals surface area contributed by atoms with Gasteiger partial charge in [0, 0.05) is 21.2 Å². The lowest BCUT2D eigenvalue weighted by Crippen LogP contribution is -1.96. The summed E-state index contributed by atoms with van der Waals surface area (Å²) >= 11 is 11.9. The maximum Gasteiger partial charge on any atom is 0.0991 e. The van der Waals surface area contributed by atoms with Gasteiger partial charge in [-0.05, 0) is 67.2 Å². The van der Waals surface area contributed by atoms with Gasteiger partial charge in [-0.15, -0.1) is 0 Å². The van der Waals surface area contributed by atoms with Gasteiger partial charge in [-0.2, -0.15) is 5.26 Å². The third kappa shape index (κ3) is 7.52. The Morgan fingerprint density at radius 3 is 1.86 bits per heavy atom. The van der Waals surface area contributed by atoms with Gasteiger partial charge in [-0.25, -0.2) is 0 Å². The van der Waals surface area contributed by atoms with Crippen molar-refractivity contribution < 1.29 is 0 Å². The van der Waals surface area contributed by atoms with Crippen molar-refractivity contribution >= 4 is 41.3 Å². The molecule has 0 spiro atoms. The Hall–Kier alpha value is -3.97. The van der Waals surface area contributed by atoms with Crippen LogP contribution in [0, 0.1) is 23.7 Å². The van der Waals surface area contributed by atoms with Crippen LogP contribution in [0.3, 0.4) is 0 Å². The molecular weight excluding hydrogens is 473 g/mol. The molecule has 0 radical (unpaired) electrons. The number of nitrogens with one attached hydrogen (secondary N) is 1. The molecule has 0 bridgehead atoms. The van der Waals surface area contributed by atoms with Crippen LogP contribution in [-0.4, -0.2) is 12.4 Å². The summed E-state index contributed by atoms with van der Waals surface area (Å²) in [7, 11) is 0. The lowest BCUT2D eigenvalue weighted by atomic mass is 10.0. The third-order valence-electron chi connectivity index (χ3n) is 5.11. The largest absolute Gasteiger partial charge is 0.300 e. The van der Waals surface area contributed by atoms with E-state index in [1.54, 1.807) is 36.4 Å². The summed E-state index contributed by atoms with van der Waals surface area (Å²) in [5.41, 5.74) is 6.74. The monoisotopic (exact) mass is 495 g/mol. The highest BCUT2D eigenvalue weighted by Crippen LogP contribution is 2.21. The maximum atomic E-state index is 8.69. The van der Waals surface area contributed by atoms with Crippen LogP contribution in [0.5, 0.6) is 0 Å². The highest BCUT2D eigenvalue weighted by Gasteiger charge is 2.04. The number of hydrogen-bond acceptors (Lipinski definition) is 3. The fraction of sp³-hybridized carbons (Fsp3) is 0.0333. The number of nitrogens with zero attached hydrogens (tertiary/aromatic N) is 2. The molecule has 4 aromatic rings. The lowest BCUT2D eigenvalue weighted by Gasteiger charge is -2.04. The van der Waals surface area contributed by atoms with Crippen LogP contribution in [0.25, 0.3) is 16.8 Å². The van der Waals surface area contributed by atoms with Crippen molar-refractivity contribution in [1.82, 2.24) is 0 Å². The molecular formula is C30H23Cl2N3. The average molecular weight is 496 g/mol. The van der Waals surface area contributed by atoms with Crippen molar-refractivity contribution in [2.75, 3.05) is 0 Å². The van der Waals surface area contributed by atoms with Crippen molar-refractivity contribution in [2.45, 2.75) is 6.92 Å². The fourth-order valence-corrected chi connectivity index (χ4v) is 3.61. The molecule has 0 unspecified atom stereocenters. The summed E-state index contributed by atoms with van der Waals surface area (Å²) in [5.74, 6) is 0. The quantitative estimate of drug-likeness (QED) is 0.276. The number of aryl methyl sites for hydroxylation is 1. The number of hydrogen-bond donors (Lipinski definition) is 1.